The summed E-state index contributed by atoms with van der Waals surface area (Å²) in [4.78, 5) is 51.0. The average molecular weight is 589 g/mol. The highest BCUT2D eigenvalue weighted by Gasteiger charge is 2.35. The van der Waals surface area contributed by atoms with E-state index in [1.165, 1.54) is 19.1 Å². The normalized spacial score (nSPS) is 19.1. The molecular weight excluding hydrogens is 540 g/mol. The van der Waals surface area contributed by atoms with Crippen molar-refractivity contribution in [2.24, 2.45) is 11.8 Å². The van der Waals surface area contributed by atoms with E-state index in [0.717, 1.165) is 0 Å². The Morgan fingerprint density at radius 1 is 1.10 bits per heavy atom. The third-order valence-electron chi connectivity index (χ3n) is 6.10. The topological polar surface area (TPSA) is 169 Å². The van der Waals surface area contributed by atoms with Gasteiger partial charge in [0.15, 0.2) is 0 Å². The molecule has 0 aromatic rings. The van der Waals surface area contributed by atoms with Gasteiger partial charge in [-0.15, -0.1) is 0 Å². The molecule has 40 heavy (non-hydrogen) atoms. The summed E-state index contributed by atoms with van der Waals surface area (Å²) in [6, 6.07) is -2.98. The number of esters is 1. The van der Waals surface area contributed by atoms with E-state index in [4.69, 9.17) is 9.47 Å². The molecule has 1 aliphatic rings. The van der Waals surface area contributed by atoms with E-state index in [9.17, 15) is 27.6 Å². The highest BCUT2D eigenvalue weighted by atomic mass is 32.2. The van der Waals surface area contributed by atoms with E-state index in [2.05, 4.69) is 20.7 Å². The highest BCUT2D eigenvalue weighted by molar-refractivity contribution is 7.89. The number of sulfonamides is 1. The van der Waals surface area contributed by atoms with E-state index < -0.39 is 57.6 Å². The number of hydrogen-bond acceptors (Lipinski definition) is 8. The maximum Gasteiger partial charge on any atom is 0.330 e. The molecular formula is C27H48N4O8S. The van der Waals surface area contributed by atoms with Crippen LogP contribution in [0.4, 0.5) is 0 Å². The van der Waals surface area contributed by atoms with Crippen LogP contribution in [-0.2, 0) is 38.7 Å². The first-order valence-electron chi connectivity index (χ1n) is 13.9. The Kier molecular flexibility index (Phi) is 14.3. The summed E-state index contributed by atoms with van der Waals surface area (Å²) in [7, 11) is -3.78. The summed E-state index contributed by atoms with van der Waals surface area (Å²) in [5.74, 6) is -2.53. The van der Waals surface area contributed by atoms with Crippen LogP contribution in [0.1, 0.15) is 74.7 Å². The molecule has 3 amide bonds. The predicted octanol–water partition coefficient (Wildman–Crippen LogP) is 1.16. The first kappa shape index (κ1) is 35.5. The van der Waals surface area contributed by atoms with Gasteiger partial charge in [0, 0.05) is 24.6 Å². The van der Waals surface area contributed by atoms with Gasteiger partial charge < -0.3 is 25.4 Å². The third-order valence-corrected chi connectivity index (χ3v) is 7.47. The summed E-state index contributed by atoms with van der Waals surface area (Å²) < 4.78 is 38.0. The maximum atomic E-state index is 13.5. The smallest absolute Gasteiger partial charge is 0.330 e. The Balaban J connectivity index is 3.20. The van der Waals surface area contributed by atoms with Gasteiger partial charge in [0.25, 0.3) is 0 Å². The average Bonchev–Trinajstić information content (AvgIpc) is 3.23. The zero-order valence-electron chi connectivity index (χ0n) is 25.0. The fourth-order valence-electron chi connectivity index (χ4n) is 4.26. The molecule has 0 aromatic carbocycles. The van der Waals surface area contributed by atoms with Gasteiger partial charge in [-0.3, -0.25) is 14.4 Å². The number of amides is 3. The van der Waals surface area contributed by atoms with Crippen LogP contribution in [0.5, 0.6) is 0 Å². The molecule has 5 atom stereocenters. The highest BCUT2D eigenvalue weighted by Crippen LogP contribution is 2.18. The molecule has 1 rings (SSSR count). The molecule has 0 saturated carbocycles. The molecule has 0 bridgehead atoms. The fourth-order valence-corrected chi connectivity index (χ4v) is 5.11. The summed E-state index contributed by atoms with van der Waals surface area (Å²) in [5, 5.41) is 8.30. The van der Waals surface area contributed by atoms with Gasteiger partial charge in [-0.2, -0.15) is 0 Å². The maximum absolute atomic E-state index is 13.5. The van der Waals surface area contributed by atoms with Crippen LogP contribution in [0.25, 0.3) is 0 Å². The van der Waals surface area contributed by atoms with Crippen molar-refractivity contribution in [3.05, 3.63) is 12.2 Å². The second-order valence-corrected chi connectivity index (χ2v) is 13.4. The monoisotopic (exact) mass is 588 g/mol. The minimum Gasteiger partial charge on any atom is -0.463 e. The van der Waals surface area contributed by atoms with Crippen molar-refractivity contribution in [1.82, 2.24) is 20.7 Å². The summed E-state index contributed by atoms with van der Waals surface area (Å²) in [6.07, 6.45) is 2.95. The molecule has 1 heterocycles. The molecule has 0 spiro atoms. The van der Waals surface area contributed by atoms with Crippen LogP contribution >= 0.6 is 0 Å². The lowest BCUT2D eigenvalue weighted by Gasteiger charge is -2.32. The summed E-state index contributed by atoms with van der Waals surface area (Å²) in [5.41, 5.74) is -0.657. The van der Waals surface area contributed by atoms with Gasteiger partial charge in [-0.05, 0) is 66.7 Å². The Morgan fingerprint density at radius 3 is 2.25 bits per heavy atom. The molecule has 1 fully saturated rings. The molecule has 0 aliphatic carbocycles. The zero-order valence-corrected chi connectivity index (χ0v) is 25.9. The van der Waals surface area contributed by atoms with Gasteiger partial charge in [-0.1, -0.05) is 19.9 Å². The number of carbonyl (C=O) groups excluding carboxylic acids is 4. The van der Waals surface area contributed by atoms with E-state index in [1.54, 1.807) is 34.6 Å². The molecule has 4 N–H and O–H groups in total. The van der Waals surface area contributed by atoms with E-state index in [-0.39, 0.29) is 42.9 Å². The largest absolute Gasteiger partial charge is 0.463 e. The lowest BCUT2D eigenvalue weighted by Crippen LogP contribution is -2.59. The van der Waals surface area contributed by atoms with Crippen molar-refractivity contribution < 1.29 is 37.1 Å². The van der Waals surface area contributed by atoms with Crippen LogP contribution < -0.4 is 20.7 Å². The van der Waals surface area contributed by atoms with E-state index >= 15 is 0 Å². The molecule has 1 aliphatic heterocycles. The molecule has 13 heteroatoms. The molecule has 1 saturated heterocycles. The van der Waals surface area contributed by atoms with Crippen molar-refractivity contribution in [1.29, 1.82) is 0 Å². The molecule has 0 radical (unpaired) electrons. The van der Waals surface area contributed by atoms with Crippen LogP contribution in [0.2, 0.25) is 0 Å². The summed E-state index contributed by atoms with van der Waals surface area (Å²) >= 11 is 0. The SMILES string of the molecule is CCOC(=O)/C=C/[C@H](C[C@@H]1CCNC1=O)NC(=O)[C@H](CC(C)C)NC(=O)[C@@H](NS(=O)(=O)CC)C(C)OC(C)(C)C. The third kappa shape index (κ3) is 13.2. The second-order valence-electron chi connectivity index (χ2n) is 11.4. The molecule has 1 unspecified atom stereocenters. The minimum atomic E-state index is -3.78. The van der Waals surface area contributed by atoms with Gasteiger partial charge in [0.05, 0.1) is 24.1 Å². The lowest BCUT2D eigenvalue weighted by molar-refractivity contribution is -0.137. The quantitative estimate of drug-likeness (QED) is 0.154. The van der Waals surface area contributed by atoms with E-state index in [0.29, 0.717) is 13.0 Å². The van der Waals surface area contributed by atoms with Gasteiger partial charge in [-0.25, -0.2) is 17.9 Å². The van der Waals surface area contributed by atoms with Crippen LogP contribution in [0.15, 0.2) is 12.2 Å². The Bertz CT molecular complexity index is 1010. The molecule has 230 valence electrons. The summed E-state index contributed by atoms with van der Waals surface area (Å²) in [6.45, 7) is 14.6. The molecule has 12 nitrogen and oxygen atoms in total. The number of nitrogens with one attached hydrogen (secondary N) is 4. The van der Waals surface area contributed by atoms with Gasteiger partial charge in [0.2, 0.25) is 27.7 Å². The standard InChI is InChI=1S/C27H48N4O8S/c1-9-38-22(32)12-11-20(16-19-13-14-28-24(19)33)29-25(34)21(15-17(3)4)30-26(35)23(31-40(36,37)10-2)18(5)39-27(6,7)8/h11-12,17-21,23,31H,9-10,13-16H2,1-8H3,(H,28,33)(H,29,34)(H,30,35)/b12-11+/t18?,19-,20+,21-,23-/m0/s1. The van der Waals surface area contributed by atoms with Crippen LogP contribution in [-0.4, -0.2) is 80.8 Å². The number of ether oxygens (including phenoxy) is 2. The van der Waals surface area contributed by atoms with Gasteiger partial charge >= 0.3 is 5.97 Å². The lowest BCUT2D eigenvalue weighted by atomic mass is 9.96. The molecule has 0 aromatic heterocycles. The minimum absolute atomic E-state index is 0.000726. The van der Waals surface area contributed by atoms with Crippen LogP contribution in [0, 0.1) is 11.8 Å². The van der Waals surface area contributed by atoms with Gasteiger partial charge in [0.1, 0.15) is 12.1 Å². The first-order valence-corrected chi connectivity index (χ1v) is 15.5. The van der Waals surface area contributed by atoms with Crippen LogP contribution in [0.3, 0.4) is 0 Å². The predicted molar refractivity (Wildman–Crippen MR) is 152 cm³/mol. The van der Waals surface area contributed by atoms with Crippen molar-refractivity contribution in [3.63, 3.8) is 0 Å². The van der Waals surface area contributed by atoms with Crippen molar-refractivity contribution >= 4 is 33.7 Å². The van der Waals surface area contributed by atoms with E-state index in [1.807, 2.05) is 13.8 Å². The van der Waals surface area contributed by atoms with Crippen molar-refractivity contribution in [2.75, 3.05) is 18.9 Å². The Hall–Kier alpha value is -2.51. The van der Waals surface area contributed by atoms with Crippen molar-refractivity contribution in [3.8, 4) is 0 Å². The Morgan fingerprint density at radius 2 is 1.75 bits per heavy atom. The number of hydrogen-bond donors (Lipinski definition) is 4. The fraction of sp³-hybridized carbons (Fsp3) is 0.778. The Labute approximate surface area is 238 Å². The first-order chi connectivity index (χ1) is 18.5. The zero-order chi connectivity index (χ0) is 30.7. The number of carbonyl (C=O) groups is 4. The second kappa shape index (κ2) is 16.1. The number of rotatable bonds is 16. The van der Waals surface area contributed by atoms with Crippen molar-refractivity contribution in [2.45, 2.75) is 104 Å².